The van der Waals surface area contributed by atoms with Gasteiger partial charge in [0.2, 0.25) is 0 Å². The van der Waals surface area contributed by atoms with Gasteiger partial charge < -0.3 is 10.2 Å². The van der Waals surface area contributed by atoms with Crippen LogP contribution in [0.2, 0.25) is 5.02 Å². The Labute approximate surface area is 177 Å². The van der Waals surface area contributed by atoms with Crippen molar-refractivity contribution < 1.29 is 4.79 Å². The number of benzene rings is 1. The minimum Gasteiger partial charge on any atom is -0.335 e. The highest BCUT2D eigenvalue weighted by molar-refractivity contribution is 6.31. The summed E-state index contributed by atoms with van der Waals surface area (Å²) in [6, 6.07) is 10.2. The van der Waals surface area contributed by atoms with Gasteiger partial charge in [-0.15, -0.1) is 12.4 Å². The minimum atomic E-state index is 0. The maximum atomic E-state index is 12.8. The third-order valence-electron chi connectivity index (χ3n) is 5.48. The largest absolute Gasteiger partial charge is 0.335 e. The van der Waals surface area contributed by atoms with Gasteiger partial charge in [-0.05, 0) is 37.1 Å². The molecule has 0 spiro atoms. The van der Waals surface area contributed by atoms with Crippen LogP contribution < -0.4 is 5.32 Å². The molecule has 0 bridgehead atoms. The van der Waals surface area contributed by atoms with Crippen LogP contribution in [0.3, 0.4) is 0 Å². The Morgan fingerprint density at radius 3 is 2.68 bits per heavy atom. The fourth-order valence-electron chi connectivity index (χ4n) is 3.85. The molecule has 28 heavy (non-hydrogen) atoms. The number of carbonyl (C=O) groups is 1. The zero-order valence-corrected chi connectivity index (χ0v) is 17.5. The van der Waals surface area contributed by atoms with Crippen molar-refractivity contribution in [3.05, 3.63) is 52.8 Å². The molecule has 6 nitrogen and oxygen atoms in total. The van der Waals surface area contributed by atoms with Crippen LogP contribution in [-0.2, 0) is 6.54 Å². The van der Waals surface area contributed by atoms with E-state index in [1.165, 1.54) is 0 Å². The van der Waals surface area contributed by atoms with E-state index in [1.807, 2.05) is 40.0 Å². The van der Waals surface area contributed by atoms with E-state index < -0.39 is 0 Å². The molecule has 1 amide bonds. The van der Waals surface area contributed by atoms with Crippen LogP contribution in [0, 0.1) is 0 Å². The van der Waals surface area contributed by atoms with Crippen molar-refractivity contribution in [2.75, 3.05) is 39.3 Å². The average molecular weight is 424 g/mol. The zero-order valence-electron chi connectivity index (χ0n) is 15.9. The Balaban J connectivity index is 0.00000225. The summed E-state index contributed by atoms with van der Waals surface area (Å²) in [5.41, 5.74) is 1.69. The molecular weight excluding hydrogens is 397 g/mol. The number of hydrogen-bond acceptors (Lipinski definition) is 4. The summed E-state index contributed by atoms with van der Waals surface area (Å²) >= 11 is 6.26. The number of carbonyl (C=O) groups excluding carboxylic acids is 1. The van der Waals surface area contributed by atoms with Gasteiger partial charge >= 0.3 is 0 Å². The number of piperazine rings is 1. The van der Waals surface area contributed by atoms with Crippen molar-refractivity contribution in [1.82, 2.24) is 24.9 Å². The molecule has 1 unspecified atom stereocenters. The summed E-state index contributed by atoms with van der Waals surface area (Å²) in [4.78, 5) is 17.1. The molecule has 0 aliphatic carbocycles. The van der Waals surface area contributed by atoms with Crippen molar-refractivity contribution in [2.24, 2.45) is 0 Å². The summed E-state index contributed by atoms with van der Waals surface area (Å²) in [6.45, 7) is 5.97. The topological polar surface area (TPSA) is 53.4 Å². The lowest BCUT2D eigenvalue weighted by Gasteiger charge is -2.34. The van der Waals surface area contributed by atoms with Crippen molar-refractivity contribution in [3.63, 3.8) is 0 Å². The molecule has 0 saturated carbocycles. The number of halogens is 2. The van der Waals surface area contributed by atoms with Crippen molar-refractivity contribution in [3.8, 4) is 0 Å². The quantitative estimate of drug-likeness (QED) is 0.820. The Kier molecular flexibility index (Phi) is 7.35. The Morgan fingerprint density at radius 2 is 1.96 bits per heavy atom. The van der Waals surface area contributed by atoms with E-state index in [2.05, 4.69) is 21.4 Å². The summed E-state index contributed by atoms with van der Waals surface area (Å²) < 4.78 is 1.95. The first-order chi connectivity index (χ1) is 13.2. The maximum Gasteiger partial charge on any atom is 0.274 e. The lowest BCUT2D eigenvalue weighted by Crippen LogP contribution is -2.48. The monoisotopic (exact) mass is 423 g/mol. The first-order valence-corrected chi connectivity index (χ1v) is 10.1. The summed E-state index contributed by atoms with van der Waals surface area (Å²) in [5, 5.41) is 8.76. The third-order valence-corrected chi connectivity index (χ3v) is 5.85. The van der Waals surface area contributed by atoms with Crippen LogP contribution in [0.4, 0.5) is 0 Å². The molecule has 1 N–H and O–H groups in total. The molecule has 152 valence electrons. The van der Waals surface area contributed by atoms with Gasteiger partial charge in [-0.3, -0.25) is 14.4 Å². The summed E-state index contributed by atoms with van der Waals surface area (Å²) in [7, 11) is 0. The molecule has 2 fully saturated rings. The number of nitrogens with one attached hydrogen (secondary N) is 1. The maximum absolute atomic E-state index is 12.8. The van der Waals surface area contributed by atoms with E-state index in [9.17, 15) is 4.79 Å². The van der Waals surface area contributed by atoms with E-state index >= 15 is 0 Å². The SMILES string of the molecule is Cl.O=C(c1ccn(C2CCCNC2)n1)N1CCN(Cc2ccccc2Cl)CC1. The lowest BCUT2D eigenvalue weighted by atomic mass is 10.1. The first-order valence-electron chi connectivity index (χ1n) is 9.71. The van der Waals surface area contributed by atoms with E-state index in [1.54, 1.807) is 0 Å². The highest BCUT2D eigenvalue weighted by atomic mass is 35.5. The number of amides is 1. The average Bonchev–Trinajstić information content (AvgIpc) is 3.21. The number of piperidine rings is 1. The van der Waals surface area contributed by atoms with Crippen LogP contribution in [0.25, 0.3) is 0 Å². The third kappa shape index (κ3) is 4.87. The van der Waals surface area contributed by atoms with Crippen LogP contribution >= 0.6 is 24.0 Å². The molecule has 2 aromatic rings. The van der Waals surface area contributed by atoms with Crippen LogP contribution in [0.5, 0.6) is 0 Å². The number of aromatic nitrogens is 2. The normalized spacial score (nSPS) is 20.6. The second-order valence-electron chi connectivity index (χ2n) is 7.34. The molecule has 8 heteroatoms. The Hall–Kier alpha value is -1.60. The first kappa shape index (κ1) is 21.1. The van der Waals surface area contributed by atoms with Gasteiger partial charge in [0.1, 0.15) is 5.69 Å². The van der Waals surface area contributed by atoms with Crippen LogP contribution in [-0.4, -0.2) is 64.8 Å². The molecule has 0 radical (unpaired) electrons. The van der Waals surface area contributed by atoms with Gasteiger partial charge in [0.05, 0.1) is 6.04 Å². The molecule has 4 rings (SSSR count). The van der Waals surface area contributed by atoms with E-state index in [0.29, 0.717) is 11.7 Å². The smallest absolute Gasteiger partial charge is 0.274 e. The second-order valence-corrected chi connectivity index (χ2v) is 7.75. The van der Waals surface area contributed by atoms with Gasteiger partial charge in [-0.2, -0.15) is 5.10 Å². The van der Waals surface area contributed by atoms with E-state index in [4.69, 9.17) is 11.6 Å². The molecule has 3 heterocycles. The second kappa shape index (κ2) is 9.74. The molecule has 2 saturated heterocycles. The van der Waals surface area contributed by atoms with Crippen molar-refractivity contribution >= 4 is 29.9 Å². The van der Waals surface area contributed by atoms with Crippen LogP contribution in [0.15, 0.2) is 36.5 Å². The Morgan fingerprint density at radius 1 is 1.18 bits per heavy atom. The zero-order chi connectivity index (χ0) is 18.6. The molecule has 2 aliphatic heterocycles. The predicted octanol–water partition coefficient (Wildman–Crippen LogP) is 2.84. The van der Waals surface area contributed by atoms with Crippen molar-refractivity contribution in [1.29, 1.82) is 0 Å². The molecule has 2 aliphatic rings. The number of rotatable bonds is 4. The van der Waals surface area contributed by atoms with Gasteiger partial charge in [-0.25, -0.2) is 0 Å². The fourth-order valence-corrected chi connectivity index (χ4v) is 4.05. The minimum absolute atomic E-state index is 0. The Bertz CT molecular complexity index is 782. The van der Waals surface area contributed by atoms with Crippen LogP contribution in [0.1, 0.15) is 34.9 Å². The predicted molar refractivity (Wildman–Crippen MR) is 113 cm³/mol. The van der Waals surface area contributed by atoms with Gasteiger partial charge in [0, 0.05) is 50.5 Å². The summed E-state index contributed by atoms with van der Waals surface area (Å²) in [6.07, 6.45) is 4.21. The molecule has 1 aromatic carbocycles. The lowest BCUT2D eigenvalue weighted by molar-refractivity contribution is 0.0621. The molecular formula is C20H27Cl2N5O. The highest BCUT2D eigenvalue weighted by Crippen LogP contribution is 2.19. The highest BCUT2D eigenvalue weighted by Gasteiger charge is 2.25. The standard InChI is InChI=1S/C20H26ClN5O.ClH/c21-18-6-2-1-4-16(18)15-24-10-12-25(13-11-24)20(27)19-7-9-26(23-19)17-5-3-8-22-14-17;/h1-2,4,6-7,9,17,22H,3,5,8,10-15H2;1H. The molecule has 1 atom stereocenters. The van der Waals surface area contributed by atoms with E-state index in [-0.39, 0.29) is 18.3 Å². The van der Waals surface area contributed by atoms with E-state index in [0.717, 1.165) is 69.2 Å². The van der Waals surface area contributed by atoms with Gasteiger partial charge in [0.15, 0.2) is 0 Å². The number of hydrogen-bond donors (Lipinski definition) is 1. The van der Waals surface area contributed by atoms with Crippen molar-refractivity contribution in [2.45, 2.75) is 25.4 Å². The van der Waals surface area contributed by atoms with Gasteiger partial charge in [-0.1, -0.05) is 29.8 Å². The summed E-state index contributed by atoms with van der Waals surface area (Å²) in [5.74, 6) is 0.0370. The van der Waals surface area contributed by atoms with Gasteiger partial charge in [0.25, 0.3) is 5.91 Å². The fraction of sp³-hybridized carbons (Fsp3) is 0.500. The number of nitrogens with zero attached hydrogens (tertiary/aromatic N) is 4. The molecule has 1 aromatic heterocycles.